The SMILES string of the molecule is COC1=C(n2c(NS(=O)(=O)[C@@H](C)[C@H](OC)c3ccc(Cl)cn3)nnc2-c2cccnc2)C(C)(OC)NC=C1. The number of aromatic nitrogens is 5. The van der Waals surface area contributed by atoms with Gasteiger partial charge in [0.1, 0.15) is 22.8 Å². The van der Waals surface area contributed by atoms with Crippen molar-refractivity contribution < 1.29 is 22.6 Å². The molecule has 2 N–H and O–H groups in total. The van der Waals surface area contributed by atoms with Crippen LogP contribution in [0.3, 0.4) is 0 Å². The molecule has 14 heteroatoms. The number of pyridine rings is 2. The van der Waals surface area contributed by atoms with Crippen molar-refractivity contribution in [1.82, 2.24) is 30.0 Å². The van der Waals surface area contributed by atoms with E-state index >= 15 is 0 Å². The number of ether oxygens (including phenoxy) is 3. The number of anilines is 1. The van der Waals surface area contributed by atoms with Crippen LogP contribution in [-0.2, 0) is 24.2 Å². The van der Waals surface area contributed by atoms with E-state index in [0.29, 0.717) is 33.6 Å². The van der Waals surface area contributed by atoms with Crippen LogP contribution in [-0.4, -0.2) is 65.5 Å². The Kier molecular flexibility index (Phi) is 8.02. The molecule has 4 heterocycles. The lowest BCUT2D eigenvalue weighted by atomic mass is 10.1. The van der Waals surface area contributed by atoms with E-state index in [9.17, 15) is 8.42 Å². The first-order chi connectivity index (χ1) is 18.1. The number of sulfonamides is 1. The summed E-state index contributed by atoms with van der Waals surface area (Å²) in [5.74, 6) is 0.641. The van der Waals surface area contributed by atoms with Gasteiger partial charge in [0.15, 0.2) is 11.5 Å². The molecule has 3 atom stereocenters. The van der Waals surface area contributed by atoms with Crippen molar-refractivity contribution in [2.75, 3.05) is 26.1 Å². The predicted molar refractivity (Wildman–Crippen MR) is 142 cm³/mol. The van der Waals surface area contributed by atoms with Crippen LogP contribution in [0.1, 0.15) is 25.6 Å². The summed E-state index contributed by atoms with van der Waals surface area (Å²) in [5.41, 5.74) is 0.287. The van der Waals surface area contributed by atoms with Crippen LogP contribution in [0.4, 0.5) is 5.95 Å². The maximum atomic E-state index is 13.7. The Hall–Kier alpha value is -3.52. The Morgan fingerprint density at radius 3 is 2.55 bits per heavy atom. The summed E-state index contributed by atoms with van der Waals surface area (Å²) in [4.78, 5) is 8.40. The topological polar surface area (TPSA) is 142 Å². The zero-order valence-corrected chi connectivity index (χ0v) is 23.0. The van der Waals surface area contributed by atoms with Gasteiger partial charge < -0.3 is 19.5 Å². The molecule has 0 saturated heterocycles. The molecule has 0 radical (unpaired) electrons. The number of nitrogens with zero attached hydrogens (tertiary/aromatic N) is 5. The third-order valence-corrected chi connectivity index (χ3v) is 8.08. The maximum absolute atomic E-state index is 13.7. The number of methoxy groups -OCH3 is 3. The largest absolute Gasteiger partial charge is 0.495 e. The molecule has 3 aromatic heterocycles. The van der Waals surface area contributed by atoms with Crippen LogP contribution >= 0.6 is 11.6 Å². The first-order valence-corrected chi connectivity index (χ1v) is 13.4. The van der Waals surface area contributed by atoms with Crippen LogP contribution < -0.4 is 10.0 Å². The molecule has 1 aliphatic rings. The van der Waals surface area contributed by atoms with Crippen LogP contribution in [0.25, 0.3) is 17.1 Å². The smallest absolute Gasteiger partial charge is 0.243 e. The van der Waals surface area contributed by atoms with Crippen molar-refractivity contribution in [2.24, 2.45) is 0 Å². The number of halogens is 1. The number of allylic oxidation sites excluding steroid dienone is 1. The van der Waals surface area contributed by atoms with Crippen LogP contribution in [0.2, 0.25) is 5.02 Å². The molecule has 1 unspecified atom stereocenters. The summed E-state index contributed by atoms with van der Waals surface area (Å²) in [6, 6.07) is 6.76. The minimum Gasteiger partial charge on any atom is -0.495 e. The third kappa shape index (κ3) is 5.23. The Morgan fingerprint density at radius 2 is 1.95 bits per heavy atom. The second-order valence-corrected chi connectivity index (χ2v) is 10.9. The lowest BCUT2D eigenvalue weighted by Crippen LogP contribution is -2.46. The number of nitrogens with one attached hydrogen (secondary N) is 2. The molecule has 0 saturated carbocycles. The molecule has 38 heavy (non-hydrogen) atoms. The molecule has 12 nitrogen and oxygen atoms in total. The van der Waals surface area contributed by atoms with Gasteiger partial charge in [-0.3, -0.25) is 19.3 Å². The van der Waals surface area contributed by atoms with Gasteiger partial charge in [-0.05, 0) is 44.2 Å². The highest BCUT2D eigenvalue weighted by atomic mass is 35.5. The average molecular weight is 562 g/mol. The molecule has 0 fully saturated rings. The van der Waals surface area contributed by atoms with Gasteiger partial charge in [-0.2, -0.15) is 0 Å². The zero-order valence-electron chi connectivity index (χ0n) is 21.4. The summed E-state index contributed by atoms with van der Waals surface area (Å²) in [5, 5.41) is 11.0. The summed E-state index contributed by atoms with van der Waals surface area (Å²) in [6.45, 7) is 3.28. The molecule has 0 bridgehead atoms. The van der Waals surface area contributed by atoms with Crippen LogP contribution in [0.5, 0.6) is 0 Å². The second-order valence-electron chi connectivity index (χ2n) is 8.47. The normalized spacial score (nSPS) is 19.1. The maximum Gasteiger partial charge on any atom is 0.243 e. The third-order valence-electron chi connectivity index (χ3n) is 6.16. The Morgan fingerprint density at radius 1 is 1.16 bits per heavy atom. The molecule has 202 valence electrons. The van der Waals surface area contributed by atoms with E-state index in [1.807, 2.05) is 0 Å². The van der Waals surface area contributed by atoms with Crippen LogP contribution in [0, 0.1) is 0 Å². The van der Waals surface area contributed by atoms with E-state index in [1.54, 1.807) is 55.9 Å². The van der Waals surface area contributed by atoms with Gasteiger partial charge in [0.25, 0.3) is 0 Å². The van der Waals surface area contributed by atoms with Crippen molar-refractivity contribution in [3.05, 3.63) is 71.6 Å². The molecule has 3 aromatic rings. The number of hydrogen-bond donors (Lipinski definition) is 2. The Labute approximate surface area is 225 Å². The summed E-state index contributed by atoms with van der Waals surface area (Å²) >= 11 is 5.95. The van der Waals surface area contributed by atoms with Gasteiger partial charge in [0, 0.05) is 44.6 Å². The fraction of sp³-hybridized carbons (Fsp3) is 0.333. The fourth-order valence-electron chi connectivity index (χ4n) is 4.04. The fourth-order valence-corrected chi connectivity index (χ4v) is 5.30. The number of rotatable bonds is 10. The summed E-state index contributed by atoms with van der Waals surface area (Å²) < 4.78 is 48.4. The van der Waals surface area contributed by atoms with Crippen molar-refractivity contribution in [3.8, 4) is 11.4 Å². The molecule has 0 spiro atoms. The molecule has 1 aliphatic heterocycles. The van der Waals surface area contributed by atoms with Crippen molar-refractivity contribution in [3.63, 3.8) is 0 Å². The minimum absolute atomic E-state index is 0.0838. The van der Waals surface area contributed by atoms with E-state index < -0.39 is 27.1 Å². The molecule has 0 aromatic carbocycles. The van der Waals surface area contributed by atoms with Gasteiger partial charge in [-0.25, -0.2) is 8.42 Å². The Balaban J connectivity index is 1.84. The molecule has 4 rings (SSSR count). The number of dihydropyridines is 1. The van der Waals surface area contributed by atoms with Gasteiger partial charge in [-0.1, -0.05) is 11.6 Å². The molecule has 0 aliphatic carbocycles. The first kappa shape index (κ1) is 27.5. The van der Waals surface area contributed by atoms with Crippen LogP contribution in [0.15, 0.2) is 60.9 Å². The second kappa shape index (κ2) is 11.1. The van der Waals surface area contributed by atoms with Gasteiger partial charge in [-0.15, -0.1) is 10.2 Å². The lowest BCUT2D eigenvalue weighted by Gasteiger charge is -2.36. The average Bonchev–Trinajstić information content (AvgIpc) is 3.32. The molecule has 0 amide bonds. The van der Waals surface area contributed by atoms with Gasteiger partial charge >= 0.3 is 0 Å². The van der Waals surface area contributed by atoms with E-state index in [4.69, 9.17) is 25.8 Å². The summed E-state index contributed by atoms with van der Waals surface area (Å²) in [7, 11) is 0.321. The highest BCUT2D eigenvalue weighted by Gasteiger charge is 2.40. The van der Waals surface area contributed by atoms with Crippen molar-refractivity contribution >= 4 is 33.3 Å². The van der Waals surface area contributed by atoms with Gasteiger partial charge in [0.05, 0.1) is 17.8 Å². The lowest BCUT2D eigenvalue weighted by molar-refractivity contribution is 0.0309. The minimum atomic E-state index is -4.11. The van der Waals surface area contributed by atoms with Crippen molar-refractivity contribution in [1.29, 1.82) is 0 Å². The zero-order chi connectivity index (χ0) is 27.5. The Bertz CT molecular complexity index is 1440. The van der Waals surface area contributed by atoms with Gasteiger partial charge in [0.2, 0.25) is 16.0 Å². The highest BCUT2D eigenvalue weighted by molar-refractivity contribution is 7.93. The molecular formula is C24H28ClN7O5S. The first-order valence-electron chi connectivity index (χ1n) is 11.5. The monoisotopic (exact) mass is 561 g/mol. The standard InChI is InChI=1S/C24H28ClN7O5S/c1-15(20(36-4)18-9-8-17(25)14-27-18)38(33,34)31-23-30-29-22(16-7-6-11-26-13-16)32(23)21-19(35-3)10-12-28-24(21,2)37-5/h6-15,20,28H,1-5H3,(H,30,31)/t15-,20-,24?/m0/s1. The predicted octanol–water partition coefficient (Wildman–Crippen LogP) is 3.20. The number of hydrogen-bond acceptors (Lipinski definition) is 10. The highest BCUT2D eigenvalue weighted by Crippen LogP contribution is 2.36. The van der Waals surface area contributed by atoms with E-state index in [0.717, 1.165) is 0 Å². The van der Waals surface area contributed by atoms with E-state index in [-0.39, 0.29) is 5.95 Å². The summed E-state index contributed by atoms with van der Waals surface area (Å²) in [6.07, 6.45) is 7.12. The molecular weight excluding hydrogens is 534 g/mol. The quantitative estimate of drug-likeness (QED) is 0.379. The van der Waals surface area contributed by atoms with Crippen molar-refractivity contribution in [2.45, 2.75) is 30.9 Å². The van der Waals surface area contributed by atoms with E-state index in [2.05, 4.69) is 30.2 Å². The van der Waals surface area contributed by atoms with E-state index in [1.165, 1.54) is 39.0 Å².